The Morgan fingerprint density at radius 1 is 1.58 bits per heavy atom. The molecule has 0 unspecified atom stereocenters. The highest BCUT2D eigenvalue weighted by molar-refractivity contribution is 7.09. The van der Waals surface area contributed by atoms with Crippen LogP contribution in [0.4, 0.5) is 5.00 Å². The molecule has 0 radical (unpaired) electrons. The van der Waals surface area contributed by atoms with Gasteiger partial charge in [0.2, 0.25) is 0 Å². The van der Waals surface area contributed by atoms with Crippen molar-refractivity contribution in [2.45, 2.75) is 6.54 Å². The molecule has 0 saturated heterocycles. The van der Waals surface area contributed by atoms with E-state index in [1.807, 2.05) is 0 Å². The summed E-state index contributed by atoms with van der Waals surface area (Å²) in [5, 5.41) is 7.77. The average Bonchev–Trinajstić information content (AvgIpc) is 2.74. The number of anilines is 1. The Kier molecular flexibility index (Phi) is 2.00. The maximum Gasteiger partial charge on any atom is 0.130 e. The summed E-state index contributed by atoms with van der Waals surface area (Å²) in [4.78, 5) is 7.05. The second kappa shape index (κ2) is 3.31. The Balaban J connectivity index is 1.91. The molecule has 0 atom stereocenters. The summed E-state index contributed by atoms with van der Waals surface area (Å²) < 4.78 is 3.72. The molecule has 0 aliphatic rings. The van der Waals surface area contributed by atoms with E-state index in [1.165, 1.54) is 11.5 Å². The zero-order valence-electron chi connectivity index (χ0n) is 6.19. The quantitative estimate of drug-likeness (QED) is 0.737. The molecular weight excluding hydrogens is 174 g/mol. The Labute approximate surface area is 73.0 Å². The van der Waals surface area contributed by atoms with Gasteiger partial charge in [0.25, 0.3) is 0 Å². The van der Waals surface area contributed by atoms with Crippen LogP contribution in [-0.2, 0) is 6.54 Å². The highest BCUT2D eigenvalue weighted by Crippen LogP contribution is 2.09. The van der Waals surface area contributed by atoms with Crippen LogP contribution in [0.3, 0.4) is 0 Å². The highest BCUT2D eigenvalue weighted by atomic mass is 32.1. The van der Waals surface area contributed by atoms with Crippen molar-refractivity contribution in [1.82, 2.24) is 19.6 Å². The van der Waals surface area contributed by atoms with Gasteiger partial charge >= 0.3 is 0 Å². The van der Waals surface area contributed by atoms with Gasteiger partial charge in [-0.25, -0.2) is 4.98 Å². The lowest BCUT2D eigenvalue weighted by atomic mass is 10.6. The zero-order chi connectivity index (χ0) is 8.23. The minimum absolute atomic E-state index is 0.677. The summed E-state index contributed by atoms with van der Waals surface area (Å²) in [7, 11) is 0. The molecular formula is C6H7N5S. The summed E-state index contributed by atoms with van der Waals surface area (Å²) in [5.74, 6) is 0.906. The summed E-state index contributed by atoms with van der Waals surface area (Å²) >= 11 is 1.33. The van der Waals surface area contributed by atoms with Gasteiger partial charge in [0.05, 0.1) is 12.7 Å². The molecule has 2 aromatic rings. The molecule has 0 aliphatic heterocycles. The fourth-order valence-electron chi connectivity index (χ4n) is 0.811. The predicted molar refractivity (Wildman–Crippen MR) is 45.8 cm³/mol. The van der Waals surface area contributed by atoms with E-state index < -0.39 is 0 Å². The van der Waals surface area contributed by atoms with Crippen LogP contribution in [-0.4, -0.2) is 19.6 Å². The van der Waals surface area contributed by atoms with Crippen molar-refractivity contribution >= 4 is 16.5 Å². The van der Waals surface area contributed by atoms with Crippen LogP contribution in [0.5, 0.6) is 0 Å². The van der Waals surface area contributed by atoms with Crippen LogP contribution in [0, 0.1) is 0 Å². The van der Waals surface area contributed by atoms with Gasteiger partial charge in [0.15, 0.2) is 0 Å². The summed E-state index contributed by atoms with van der Waals surface area (Å²) in [6.07, 6.45) is 5.21. The normalized spacial score (nSPS) is 10.0. The van der Waals surface area contributed by atoms with E-state index in [0.717, 1.165) is 10.8 Å². The van der Waals surface area contributed by atoms with Gasteiger partial charge in [-0.05, 0) is 0 Å². The molecule has 0 saturated carbocycles. The minimum atomic E-state index is 0.677. The second-order valence-corrected chi connectivity index (χ2v) is 2.96. The first-order chi connectivity index (χ1) is 5.95. The van der Waals surface area contributed by atoms with Crippen LogP contribution in [0.1, 0.15) is 5.82 Å². The van der Waals surface area contributed by atoms with Crippen LogP contribution in [0.25, 0.3) is 0 Å². The number of H-pyrrole nitrogens is 1. The number of hydrogen-bond donors (Lipinski definition) is 2. The van der Waals surface area contributed by atoms with Crippen molar-refractivity contribution < 1.29 is 0 Å². The molecule has 2 heterocycles. The number of nitrogens with one attached hydrogen (secondary N) is 2. The smallest absolute Gasteiger partial charge is 0.130 e. The third-order valence-electron chi connectivity index (χ3n) is 1.35. The molecule has 0 fully saturated rings. The minimum Gasteiger partial charge on any atom is -0.367 e. The van der Waals surface area contributed by atoms with Crippen LogP contribution >= 0.6 is 11.5 Å². The van der Waals surface area contributed by atoms with Crippen molar-refractivity contribution in [3.05, 3.63) is 24.4 Å². The number of imidazole rings is 1. The molecule has 62 valence electrons. The number of aromatic amines is 1. The number of hydrogen-bond acceptors (Lipinski definition) is 5. The summed E-state index contributed by atoms with van der Waals surface area (Å²) in [6.45, 7) is 0.677. The van der Waals surface area contributed by atoms with E-state index in [4.69, 9.17) is 0 Å². The number of aromatic nitrogens is 4. The number of nitrogens with zero attached hydrogens (tertiary/aromatic N) is 3. The molecule has 5 nitrogen and oxygen atoms in total. The fraction of sp³-hybridized carbons (Fsp3) is 0.167. The van der Waals surface area contributed by atoms with Gasteiger partial charge < -0.3 is 10.3 Å². The van der Waals surface area contributed by atoms with Gasteiger partial charge in [-0.1, -0.05) is 4.49 Å². The van der Waals surface area contributed by atoms with E-state index in [-0.39, 0.29) is 0 Å². The van der Waals surface area contributed by atoms with E-state index >= 15 is 0 Å². The first kappa shape index (κ1) is 7.23. The van der Waals surface area contributed by atoms with Gasteiger partial charge in [0.1, 0.15) is 10.8 Å². The first-order valence-electron chi connectivity index (χ1n) is 3.44. The lowest BCUT2D eigenvalue weighted by Gasteiger charge is -1.96. The highest BCUT2D eigenvalue weighted by Gasteiger charge is 1.96. The summed E-state index contributed by atoms with van der Waals surface area (Å²) in [6, 6.07) is 0. The average molecular weight is 181 g/mol. The van der Waals surface area contributed by atoms with Crippen molar-refractivity contribution in [3.8, 4) is 0 Å². The molecule has 0 spiro atoms. The molecule has 2 N–H and O–H groups in total. The molecule has 2 aromatic heterocycles. The largest absolute Gasteiger partial charge is 0.367 e. The fourth-order valence-corrected chi connectivity index (χ4v) is 1.22. The lowest BCUT2D eigenvalue weighted by Crippen LogP contribution is -1.98. The molecule has 0 aliphatic carbocycles. The van der Waals surface area contributed by atoms with E-state index in [0.29, 0.717) is 6.54 Å². The Morgan fingerprint density at radius 3 is 3.25 bits per heavy atom. The van der Waals surface area contributed by atoms with Gasteiger partial charge in [-0.2, -0.15) is 0 Å². The SMILES string of the molecule is c1c[nH]c(CNc2cnns2)n1. The Bertz CT molecular complexity index is 279. The third kappa shape index (κ3) is 1.59. The Hall–Kier alpha value is -1.43. The Morgan fingerprint density at radius 2 is 2.58 bits per heavy atom. The monoisotopic (exact) mass is 181 g/mol. The van der Waals surface area contributed by atoms with Gasteiger partial charge in [-0.3, -0.25) is 0 Å². The second-order valence-electron chi connectivity index (χ2n) is 2.17. The maximum atomic E-state index is 4.06. The third-order valence-corrected chi connectivity index (χ3v) is 1.97. The number of rotatable bonds is 3. The van der Waals surface area contributed by atoms with E-state index in [1.54, 1.807) is 18.6 Å². The maximum absolute atomic E-state index is 4.06. The molecule has 0 amide bonds. The molecule has 0 aromatic carbocycles. The predicted octanol–water partition coefficient (Wildman–Crippen LogP) is 0.873. The van der Waals surface area contributed by atoms with Crippen molar-refractivity contribution in [3.63, 3.8) is 0 Å². The van der Waals surface area contributed by atoms with Crippen LogP contribution in [0.2, 0.25) is 0 Å². The first-order valence-corrected chi connectivity index (χ1v) is 4.22. The van der Waals surface area contributed by atoms with E-state index in [9.17, 15) is 0 Å². The summed E-state index contributed by atoms with van der Waals surface area (Å²) in [5.41, 5.74) is 0. The van der Waals surface area contributed by atoms with Crippen molar-refractivity contribution in [2.24, 2.45) is 0 Å². The molecule has 6 heteroatoms. The van der Waals surface area contributed by atoms with Gasteiger partial charge in [0, 0.05) is 23.9 Å². The standard InChI is InChI=1S/C6H7N5S/c1-2-8-5(7-1)3-9-6-4-10-11-12-6/h1-2,4,9H,3H2,(H,7,8). The van der Waals surface area contributed by atoms with Crippen molar-refractivity contribution in [2.75, 3.05) is 5.32 Å². The lowest BCUT2D eigenvalue weighted by molar-refractivity contribution is 1.00. The van der Waals surface area contributed by atoms with E-state index in [2.05, 4.69) is 24.9 Å². The molecule has 12 heavy (non-hydrogen) atoms. The van der Waals surface area contributed by atoms with Gasteiger partial charge in [-0.15, -0.1) is 5.10 Å². The van der Waals surface area contributed by atoms with Crippen molar-refractivity contribution in [1.29, 1.82) is 0 Å². The topological polar surface area (TPSA) is 66.5 Å². The zero-order valence-corrected chi connectivity index (χ0v) is 7.01. The molecule has 0 bridgehead atoms. The van der Waals surface area contributed by atoms with Crippen LogP contribution < -0.4 is 5.32 Å². The molecule has 2 rings (SSSR count). The van der Waals surface area contributed by atoms with Crippen LogP contribution in [0.15, 0.2) is 18.6 Å².